The Kier molecular flexibility index (Phi) is 5.74. The van der Waals surface area contributed by atoms with Crippen LogP contribution in [0.3, 0.4) is 0 Å². The summed E-state index contributed by atoms with van der Waals surface area (Å²) < 4.78 is 4.76. The fraction of sp³-hybridized carbons (Fsp3) is 0.818. The lowest BCUT2D eigenvalue weighted by Crippen LogP contribution is -2.52. The van der Waals surface area contributed by atoms with Crippen LogP contribution < -0.4 is 5.73 Å². The highest BCUT2D eigenvalue weighted by atomic mass is 32.2. The van der Waals surface area contributed by atoms with Gasteiger partial charge in [0.2, 0.25) is 5.91 Å². The molecule has 1 rings (SSSR count). The monoisotopic (exact) mass is 275 g/mol. The summed E-state index contributed by atoms with van der Waals surface area (Å²) in [6.45, 7) is 3.76. The molecule has 3 N–H and O–H groups in total. The Morgan fingerprint density at radius 3 is 2.61 bits per heavy atom. The minimum absolute atomic E-state index is 0.00561. The number of hydrogen-bond donors (Lipinski definition) is 2. The third-order valence-corrected chi connectivity index (χ3v) is 4.72. The van der Waals surface area contributed by atoms with Crippen LogP contribution in [0, 0.1) is 0 Å². The molecule has 0 radical (unpaired) electrons. The Morgan fingerprint density at radius 2 is 2.17 bits per heavy atom. The van der Waals surface area contributed by atoms with Crippen LogP contribution in [0.15, 0.2) is 5.16 Å². The SMILES string of the molecule is CCOCC(=O)N1CCC(SC)(C(N)=NO)CC1. The second kappa shape index (κ2) is 6.84. The molecule has 1 aliphatic rings. The maximum Gasteiger partial charge on any atom is 0.248 e. The van der Waals surface area contributed by atoms with Crippen molar-refractivity contribution in [3.8, 4) is 0 Å². The number of carbonyl (C=O) groups excluding carboxylic acids is 1. The standard InChI is InChI=1S/C11H21N3O3S/c1-3-17-8-9(15)14-6-4-11(18-2,5-7-14)10(12)13-16/h16H,3-8H2,1-2H3,(H2,12,13). The molecule has 1 aliphatic heterocycles. The molecule has 0 spiro atoms. The molecule has 0 aromatic carbocycles. The first-order valence-electron chi connectivity index (χ1n) is 5.98. The van der Waals surface area contributed by atoms with Gasteiger partial charge in [-0.1, -0.05) is 5.16 Å². The molecular weight excluding hydrogens is 254 g/mol. The van der Waals surface area contributed by atoms with E-state index >= 15 is 0 Å². The third kappa shape index (κ3) is 3.29. The van der Waals surface area contributed by atoms with Crippen molar-refractivity contribution in [1.29, 1.82) is 0 Å². The lowest BCUT2D eigenvalue weighted by atomic mass is 9.94. The van der Waals surface area contributed by atoms with Gasteiger partial charge >= 0.3 is 0 Å². The number of ether oxygens (including phenoxy) is 1. The van der Waals surface area contributed by atoms with E-state index < -0.39 is 0 Å². The molecule has 1 heterocycles. The second-order valence-electron chi connectivity index (χ2n) is 4.20. The van der Waals surface area contributed by atoms with Gasteiger partial charge in [-0.25, -0.2) is 0 Å². The van der Waals surface area contributed by atoms with Gasteiger partial charge in [0, 0.05) is 19.7 Å². The molecular formula is C11H21N3O3S. The zero-order chi connectivity index (χ0) is 13.6. The summed E-state index contributed by atoms with van der Waals surface area (Å²) in [5.74, 6) is 0.248. The van der Waals surface area contributed by atoms with Gasteiger partial charge in [-0.15, -0.1) is 0 Å². The highest BCUT2D eigenvalue weighted by Crippen LogP contribution is 2.34. The molecule has 6 nitrogen and oxygen atoms in total. The van der Waals surface area contributed by atoms with Crippen molar-refractivity contribution in [3.05, 3.63) is 0 Å². The number of oxime groups is 1. The van der Waals surface area contributed by atoms with Gasteiger partial charge in [-0.3, -0.25) is 4.79 Å². The first-order chi connectivity index (χ1) is 8.59. The number of piperidine rings is 1. The zero-order valence-corrected chi connectivity index (χ0v) is 11.7. The smallest absolute Gasteiger partial charge is 0.248 e. The van der Waals surface area contributed by atoms with Crippen LogP contribution in [-0.2, 0) is 9.53 Å². The molecule has 1 amide bonds. The summed E-state index contributed by atoms with van der Waals surface area (Å²) in [5.41, 5.74) is 5.75. The largest absolute Gasteiger partial charge is 0.409 e. The van der Waals surface area contributed by atoms with Gasteiger partial charge in [0.1, 0.15) is 6.61 Å². The van der Waals surface area contributed by atoms with Crippen LogP contribution in [0.2, 0.25) is 0 Å². The predicted octanol–water partition coefficient (Wildman–Crippen LogP) is 0.494. The molecule has 0 aliphatic carbocycles. The number of thioether (sulfide) groups is 1. The Balaban J connectivity index is 2.56. The van der Waals surface area contributed by atoms with Gasteiger partial charge in [-0.05, 0) is 26.0 Å². The maximum atomic E-state index is 11.8. The van der Waals surface area contributed by atoms with Crippen LogP contribution >= 0.6 is 11.8 Å². The van der Waals surface area contributed by atoms with Gasteiger partial charge in [0.15, 0.2) is 5.84 Å². The van der Waals surface area contributed by atoms with E-state index in [1.54, 1.807) is 16.7 Å². The minimum atomic E-state index is -0.350. The van der Waals surface area contributed by atoms with E-state index in [0.717, 1.165) is 0 Å². The summed E-state index contributed by atoms with van der Waals surface area (Å²) in [5, 5.41) is 11.9. The van der Waals surface area contributed by atoms with E-state index in [0.29, 0.717) is 32.5 Å². The number of hydrogen-bond acceptors (Lipinski definition) is 5. The Labute approximate surface area is 112 Å². The van der Waals surface area contributed by atoms with Crippen molar-refractivity contribution >= 4 is 23.5 Å². The Bertz CT molecular complexity index is 315. The van der Waals surface area contributed by atoms with Crippen molar-refractivity contribution in [2.45, 2.75) is 24.5 Å². The number of rotatable bonds is 5. The van der Waals surface area contributed by atoms with Gasteiger partial charge in [0.05, 0.1) is 4.75 Å². The van der Waals surface area contributed by atoms with E-state index in [1.165, 1.54) is 0 Å². The lowest BCUT2D eigenvalue weighted by molar-refractivity contribution is -0.136. The second-order valence-corrected chi connectivity index (χ2v) is 5.39. The number of nitrogens with two attached hydrogens (primary N) is 1. The summed E-state index contributed by atoms with van der Waals surface area (Å²) in [7, 11) is 0. The zero-order valence-electron chi connectivity index (χ0n) is 10.9. The van der Waals surface area contributed by atoms with Crippen LogP contribution in [-0.4, -0.2) is 59.2 Å². The van der Waals surface area contributed by atoms with Gasteiger partial charge in [0.25, 0.3) is 0 Å². The first-order valence-corrected chi connectivity index (χ1v) is 7.20. The normalized spacial score (nSPS) is 19.9. The fourth-order valence-electron chi connectivity index (χ4n) is 2.05. The predicted molar refractivity (Wildman–Crippen MR) is 72.0 cm³/mol. The van der Waals surface area contributed by atoms with E-state index in [2.05, 4.69) is 5.16 Å². The maximum absolute atomic E-state index is 11.8. The van der Waals surface area contributed by atoms with Crippen molar-refractivity contribution in [1.82, 2.24) is 4.90 Å². The molecule has 0 unspecified atom stereocenters. The third-order valence-electron chi connectivity index (χ3n) is 3.32. The number of carbonyl (C=O) groups is 1. The van der Waals surface area contributed by atoms with Gasteiger partial charge < -0.3 is 20.6 Å². The number of likely N-dealkylation sites (tertiary alicyclic amines) is 1. The van der Waals surface area contributed by atoms with Crippen molar-refractivity contribution in [3.63, 3.8) is 0 Å². The summed E-state index contributed by atoms with van der Waals surface area (Å²) in [6.07, 6.45) is 3.33. The average Bonchev–Trinajstić information content (AvgIpc) is 2.43. The summed E-state index contributed by atoms with van der Waals surface area (Å²) in [6, 6.07) is 0. The van der Waals surface area contributed by atoms with Crippen LogP contribution in [0.25, 0.3) is 0 Å². The van der Waals surface area contributed by atoms with Crippen LogP contribution in [0.1, 0.15) is 19.8 Å². The number of amides is 1. The molecule has 0 aromatic rings. The molecule has 1 fully saturated rings. The highest BCUT2D eigenvalue weighted by Gasteiger charge is 2.39. The molecule has 104 valence electrons. The fourth-order valence-corrected chi connectivity index (χ4v) is 2.89. The summed E-state index contributed by atoms with van der Waals surface area (Å²) in [4.78, 5) is 13.6. The quantitative estimate of drug-likeness (QED) is 0.330. The van der Waals surface area contributed by atoms with Crippen molar-refractivity contribution < 1.29 is 14.7 Å². The Hall–Kier alpha value is -0.950. The number of nitrogens with zero attached hydrogens (tertiary/aromatic N) is 2. The van der Waals surface area contributed by atoms with E-state index in [9.17, 15) is 4.79 Å². The topological polar surface area (TPSA) is 88.2 Å². The molecule has 0 saturated carbocycles. The minimum Gasteiger partial charge on any atom is -0.409 e. The first kappa shape index (κ1) is 15.1. The highest BCUT2D eigenvalue weighted by molar-refractivity contribution is 8.00. The molecule has 0 atom stereocenters. The molecule has 18 heavy (non-hydrogen) atoms. The van der Waals surface area contributed by atoms with Gasteiger partial charge in [-0.2, -0.15) is 11.8 Å². The molecule has 1 saturated heterocycles. The van der Waals surface area contributed by atoms with Crippen molar-refractivity contribution in [2.75, 3.05) is 32.6 Å². The summed E-state index contributed by atoms with van der Waals surface area (Å²) >= 11 is 1.57. The van der Waals surface area contributed by atoms with Crippen LogP contribution in [0.4, 0.5) is 0 Å². The average molecular weight is 275 g/mol. The molecule has 0 aromatic heterocycles. The van der Waals surface area contributed by atoms with E-state index in [1.807, 2.05) is 13.2 Å². The van der Waals surface area contributed by atoms with Crippen LogP contribution in [0.5, 0.6) is 0 Å². The number of amidine groups is 1. The molecule has 0 bridgehead atoms. The van der Waals surface area contributed by atoms with E-state index in [-0.39, 0.29) is 23.1 Å². The lowest BCUT2D eigenvalue weighted by Gasteiger charge is -2.39. The van der Waals surface area contributed by atoms with Crippen molar-refractivity contribution in [2.24, 2.45) is 10.9 Å². The Morgan fingerprint density at radius 1 is 1.56 bits per heavy atom. The molecule has 7 heteroatoms. The van der Waals surface area contributed by atoms with E-state index in [4.69, 9.17) is 15.7 Å².